The molecule has 8 aromatic heterocycles. The van der Waals surface area contributed by atoms with E-state index in [1.165, 1.54) is 128 Å². The second-order valence-corrected chi connectivity index (χ2v) is 29.5. The molecule has 0 spiro atoms. The topological polar surface area (TPSA) is 227 Å². The summed E-state index contributed by atoms with van der Waals surface area (Å²) >= 11 is 5.65. The highest BCUT2D eigenvalue weighted by atomic mass is 35.5. The van der Waals surface area contributed by atoms with E-state index in [2.05, 4.69) is 60.9 Å². The van der Waals surface area contributed by atoms with E-state index >= 15 is 0 Å². The Morgan fingerprint density at radius 1 is 0.468 bits per heavy atom. The van der Waals surface area contributed by atoms with Crippen molar-refractivity contribution >= 4 is 128 Å². The molecule has 0 bridgehead atoms. The van der Waals surface area contributed by atoms with Crippen molar-refractivity contribution in [3.05, 3.63) is 346 Å². The van der Waals surface area contributed by atoms with E-state index in [1.807, 2.05) is 67.6 Å². The van der Waals surface area contributed by atoms with Gasteiger partial charge in [-0.25, -0.2) is 55.1 Å². The molecule has 0 radical (unpaired) electrons. The minimum atomic E-state index is -0.325. The normalized spacial score (nSPS) is 14.2. The molecule has 0 aliphatic carbocycles. The predicted molar refractivity (Wildman–Crippen MR) is 472 cm³/mol. The van der Waals surface area contributed by atoms with Crippen LogP contribution in [0.5, 0.6) is 11.5 Å². The summed E-state index contributed by atoms with van der Waals surface area (Å²) in [6.45, 7) is 13.9. The van der Waals surface area contributed by atoms with E-state index in [1.54, 1.807) is 83.9 Å². The average Bonchev–Trinajstić information content (AvgIpc) is 0.800. The summed E-state index contributed by atoms with van der Waals surface area (Å²) in [4.78, 5) is 61.5. The molecule has 20 nitrogen and oxygen atoms in total. The van der Waals surface area contributed by atoms with Crippen molar-refractivity contribution in [1.82, 2.24) is 50.0 Å². The molecule has 9 aromatic carbocycles. The molecule has 4 aliphatic rings. The second kappa shape index (κ2) is 40.9. The molecule has 1 atom stereocenters. The van der Waals surface area contributed by atoms with Gasteiger partial charge in [0.25, 0.3) is 0 Å². The number of carbonyl (C=O) groups is 1. The number of ether oxygens (including phenoxy) is 2. The number of H-pyrrole nitrogens is 1. The van der Waals surface area contributed by atoms with Crippen LogP contribution in [0, 0.1) is 58.7 Å². The number of carbonyl (C=O) groups excluding carboxylic acids is 1. The standard InChI is InChI=1S/C26H25FN4O2.C14H14FN3O.C13H14FN3.C9H5ClFN.2C9H6FNO.C9H6FN.C6H6FN/c1-17-2-5-21-23(28-17)7-8-24-26(21)33-20(16-32-24)15-30-10-12-31(13-11-30)25-9-3-18-14-19(27)4-6-22(18)29-25;15-12-2-3-13-11(9-12)1-4-14(16-13)18-7-5-17(10-19)6-8-18;14-11-2-3-12-10(9-11)1-4-13(16-12)17-7-5-15-6-8-17;10-9-4-1-6-5-7(11)2-3-8(6)12-9;10-7-2-3-8-6(5-7)1-4-9(12)11-8;10-8-3-4-9-7(6-8)2-1-5-11(9)12;10-8-3-4-9-7(6-8)2-1-5-11-9;7-5-1-3-6(8)4-2-5/h2-9,14,20H,10-13,15-16H2,1H3;1-4,9-10H,5-8H2;1-4,9,15H,5-8H2;1-5H;1-5H,(H,11,12);1-6H;1-6H;1-4H,8H2/t20-;;;;;;;/m0......./s1. The first kappa shape index (κ1) is 86.2. The number of hydrogen-bond acceptors (Lipinski definition) is 17. The average molecular weight is 1700 g/mol. The summed E-state index contributed by atoms with van der Waals surface area (Å²) in [5, 5.41) is 21.2. The molecule has 17 aromatic rings. The number of pyridine rings is 8. The Balaban J connectivity index is 0.000000120. The van der Waals surface area contributed by atoms with Crippen molar-refractivity contribution in [1.29, 1.82) is 0 Å². The van der Waals surface area contributed by atoms with Crippen molar-refractivity contribution < 1.29 is 54.1 Å². The number of hydrogen-bond donors (Lipinski definition) is 3. The molecule has 1 amide bonds. The van der Waals surface area contributed by atoms with Gasteiger partial charge in [-0.05, 0) is 244 Å². The number of amides is 1. The molecular formula is C95H82ClF8N15O5. The lowest BCUT2D eigenvalue weighted by atomic mass is 10.1. The number of aryl methyl sites for hydroxylation is 1. The van der Waals surface area contributed by atoms with Gasteiger partial charge in [-0.3, -0.25) is 24.5 Å². The highest BCUT2D eigenvalue weighted by Crippen LogP contribution is 2.39. The molecule has 12 heterocycles. The van der Waals surface area contributed by atoms with E-state index in [-0.39, 0.29) is 58.2 Å². The van der Waals surface area contributed by atoms with Gasteiger partial charge in [-0.15, -0.1) is 0 Å². The summed E-state index contributed by atoms with van der Waals surface area (Å²) in [5.41, 5.74) is 12.7. The van der Waals surface area contributed by atoms with Crippen LogP contribution in [0.1, 0.15) is 5.69 Å². The summed E-state index contributed by atoms with van der Waals surface area (Å²) in [7, 11) is 0. The number of nitrogens with two attached hydrogens (primary N) is 1. The first-order valence-electron chi connectivity index (χ1n) is 39.7. The van der Waals surface area contributed by atoms with Crippen LogP contribution in [0.25, 0.3) is 87.2 Å². The molecule has 21 rings (SSSR count). The number of piperazine rings is 3. The maximum atomic E-state index is 13.4. The number of nitrogen functional groups attached to an aromatic ring is 1. The van der Waals surface area contributed by atoms with E-state index in [0.717, 1.165) is 178 Å². The lowest BCUT2D eigenvalue weighted by molar-refractivity contribution is -0.577. The fourth-order valence-corrected chi connectivity index (χ4v) is 14.2. The van der Waals surface area contributed by atoms with Crippen LogP contribution in [0.15, 0.2) is 278 Å². The molecule has 3 fully saturated rings. The lowest BCUT2D eigenvalue weighted by Crippen LogP contribution is -2.50. The molecule has 630 valence electrons. The fourth-order valence-electron chi connectivity index (χ4n) is 14.0. The Bertz CT molecular complexity index is 6590. The largest absolute Gasteiger partial charge is 0.618 e. The van der Waals surface area contributed by atoms with Crippen molar-refractivity contribution in [2.75, 3.05) is 112 Å². The Hall–Kier alpha value is -14.2. The summed E-state index contributed by atoms with van der Waals surface area (Å²) in [6, 6.07) is 69.9. The van der Waals surface area contributed by atoms with Gasteiger partial charge in [-0.2, -0.15) is 4.73 Å². The Kier molecular flexibility index (Phi) is 28.4. The van der Waals surface area contributed by atoms with Crippen LogP contribution in [0.3, 0.4) is 0 Å². The van der Waals surface area contributed by atoms with Crippen molar-refractivity contribution in [3.63, 3.8) is 0 Å². The number of halogens is 9. The zero-order chi connectivity index (χ0) is 86.6. The van der Waals surface area contributed by atoms with Gasteiger partial charge in [0.1, 0.15) is 81.9 Å². The highest BCUT2D eigenvalue weighted by molar-refractivity contribution is 6.29. The smallest absolute Gasteiger partial charge is 0.248 e. The van der Waals surface area contributed by atoms with Crippen LogP contribution in [0.2, 0.25) is 5.15 Å². The maximum Gasteiger partial charge on any atom is 0.248 e. The first-order chi connectivity index (χ1) is 60.1. The number of aromatic nitrogens is 8. The molecular weight excluding hydrogens is 1620 g/mol. The van der Waals surface area contributed by atoms with Crippen LogP contribution in [-0.4, -0.2) is 149 Å². The quantitative estimate of drug-likeness (QED) is 0.0351. The van der Waals surface area contributed by atoms with Gasteiger partial charge >= 0.3 is 0 Å². The van der Waals surface area contributed by atoms with Crippen LogP contribution >= 0.6 is 11.6 Å². The highest BCUT2D eigenvalue weighted by Gasteiger charge is 2.28. The monoisotopic (exact) mass is 1700 g/mol. The maximum absolute atomic E-state index is 13.4. The van der Waals surface area contributed by atoms with Crippen molar-refractivity contribution in [2.24, 2.45) is 0 Å². The van der Waals surface area contributed by atoms with Crippen LogP contribution < -0.4 is 45.5 Å². The Labute approximate surface area is 711 Å². The van der Waals surface area contributed by atoms with E-state index < -0.39 is 0 Å². The van der Waals surface area contributed by atoms with Gasteiger partial charge in [0.15, 0.2) is 17.7 Å². The summed E-state index contributed by atoms with van der Waals surface area (Å²) in [5.74, 6) is 2.34. The number of rotatable bonds is 6. The predicted octanol–water partition coefficient (Wildman–Crippen LogP) is 17.7. The number of fused-ring (bicyclic) bond motifs is 10. The second-order valence-electron chi connectivity index (χ2n) is 29.1. The van der Waals surface area contributed by atoms with Gasteiger partial charge < -0.3 is 50.3 Å². The number of nitrogens with zero attached hydrogens (tertiary/aromatic N) is 12. The van der Waals surface area contributed by atoms with Gasteiger partial charge in [0.05, 0.1) is 38.5 Å². The molecule has 0 unspecified atom stereocenters. The number of nitrogens with one attached hydrogen (secondary N) is 2. The lowest BCUT2D eigenvalue weighted by Gasteiger charge is -2.38. The third-order valence-electron chi connectivity index (χ3n) is 20.4. The summed E-state index contributed by atoms with van der Waals surface area (Å²) < 4.78 is 115. The summed E-state index contributed by atoms with van der Waals surface area (Å²) in [6.07, 6.45) is 3.94. The first-order valence-corrected chi connectivity index (χ1v) is 40.1. The molecule has 124 heavy (non-hydrogen) atoms. The van der Waals surface area contributed by atoms with Gasteiger partial charge in [0, 0.05) is 164 Å². The minimum absolute atomic E-state index is 0.0235. The fraction of sp³-hybridized carbons (Fsp3) is 0.168. The van der Waals surface area contributed by atoms with Crippen molar-refractivity contribution in [2.45, 2.75) is 13.0 Å². The Morgan fingerprint density at radius 3 is 1.48 bits per heavy atom. The molecule has 4 aliphatic heterocycles. The molecule has 29 heteroatoms. The zero-order valence-electron chi connectivity index (χ0n) is 66.9. The van der Waals surface area contributed by atoms with E-state index in [9.17, 15) is 49.9 Å². The minimum Gasteiger partial charge on any atom is -0.618 e. The Morgan fingerprint density at radius 2 is 0.927 bits per heavy atom. The zero-order valence-corrected chi connectivity index (χ0v) is 67.7. The van der Waals surface area contributed by atoms with Crippen molar-refractivity contribution in [3.8, 4) is 11.5 Å². The number of aromatic amines is 1. The molecule has 0 saturated carbocycles. The van der Waals surface area contributed by atoms with Crippen LogP contribution in [-0.2, 0) is 4.79 Å². The molecule has 4 N–H and O–H groups in total. The van der Waals surface area contributed by atoms with Gasteiger partial charge in [0.2, 0.25) is 17.5 Å². The van der Waals surface area contributed by atoms with E-state index in [4.69, 9.17) is 31.8 Å². The number of benzene rings is 9. The number of anilines is 4. The third kappa shape index (κ3) is 23.3. The van der Waals surface area contributed by atoms with E-state index in [0.29, 0.717) is 57.9 Å². The molecule has 3 saturated heterocycles. The SMILES string of the molecule is Cc1ccc2c3c(ccc2n1)OC[C@H](CN1CCN(c2ccc4cc(F)ccc4n2)CC1)O3.Fc1ccc2nc(Cl)ccc2c1.Fc1ccc2nc(N3CCNCC3)ccc2c1.Fc1ccc2ncccc2c1.Nc1ccc(F)cc1.O=CN1CCN(c2ccc3cc(F)ccc3n2)CC1.O=c1ccc2cc(F)ccc2[nH]1.[O-][n+]1cccc2cc(F)ccc21. The third-order valence-corrected chi connectivity index (χ3v) is 20.6. The van der Waals surface area contributed by atoms with Gasteiger partial charge in [-0.1, -0.05) is 17.7 Å². The van der Waals surface area contributed by atoms with Crippen LogP contribution in [0.4, 0.5) is 58.3 Å².